The van der Waals surface area contributed by atoms with Gasteiger partial charge in [0.05, 0.1) is 11.4 Å². The molecule has 0 aliphatic rings. The number of nitrogens with one attached hydrogen (secondary N) is 1. The lowest BCUT2D eigenvalue weighted by Crippen LogP contribution is -2.14. The van der Waals surface area contributed by atoms with Crippen molar-refractivity contribution in [2.75, 3.05) is 11.1 Å². The maximum atomic E-state index is 12.1. The van der Waals surface area contributed by atoms with E-state index in [2.05, 4.69) is 20.8 Å². The Bertz CT molecular complexity index is 850. The number of hydrogen-bond donors (Lipinski definition) is 1. The van der Waals surface area contributed by atoms with Gasteiger partial charge in [0, 0.05) is 10.7 Å². The fourth-order valence-corrected chi connectivity index (χ4v) is 2.87. The van der Waals surface area contributed by atoms with Crippen molar-refractivity contribution in [3.63, 3.8) is 0 Å². The van der Waals surface area contributed by atoms with E-state index in [1.165, 1.54) is 11.8 Å². The summed E-state index contributed by atoms with van der Waals surface area (Å²) in [5, 5.41) is 15.7. The maximum absolute atomic E-state index is 12.1. The molecule has 0 fully saturated rings. The molecule has 3 aromatic rings. The third-order valence-corrected chi connectivity index (χ3v) is 4.32. The van der Waals surface area contributed by atoms with E-state index >= 15 is 0 Å². The van der Waals surface area contributed by atoms with Gasteiger partial charge in [-0.1, -0.05) is 35.5 Å². The normalized spacial score (nSPS) is 10.6. The molecule has 1 amide bonds. The van der Waals surface area contributed by atoms with E-state index in [4.69, 9.17) is 11.6 Å². The van der Waals surface area contributed by atoms with Gasteiger partial charge >= 0.3 is 0 Å². The molecule has 3 rings (SSSR count). The number of carbonyl (C=O) groups is 1. The Labute approximate surface area is 148 Å². The van der Waals surface area contributed by atoms with Gasteiger partial charge in [0.2, 0.25) is 11.1 Å². The Hall–Kier alpha value is -2.38. The zero-order valence-electron chi connectivity index (χ0n) is 12.8. The van der Waals surface area contributed by atoms with Crippen molar-refractivity contribution in [1.29, 1.82) is 0 Å². The first kappa shape index (κ1) is 16.5. The van der Waals surface area contributed by atoms with Crippen LogP contribution in [0.5, 0.6) is 0 Å². The summed E-state index contributed by atoms with van der Waals surface area (Å²) >= 11 is 7.10. The van der Waals surface area contributed by atoms with Crippen LogP contribution in [-0.4, -0.2) is 31.9 Å². The van der Waals surface area contributed by atoms with Crippen molar-refractivity contribution >= 4 is 35.0 Å². The second kappa shape index (κ2) is 7.46. The highest BCUT2D eigenvalue weighted by molar-refractivity contribution is 7.99. The minimum absolute atomic E-state index is 0.138. The topological polar surface area (TPSA) is 72.7 Å². The van der Waals surface area contributed by atoms with Crippen molar-refractivity contribution < 1.29 is 4.79 Å². The van der Waals surface area contributed by atoms with Gasteiger partial charge in [0.15, 0.2) is 0 Å². The van der Waals surface area contributed by atoms with Gasteiger partial charge in [0.25, 0.3) is 0 Å². The van der Waals surface area contributed by atoms with Crippen LogP contribution in [0.25, 0.3) is 5.69 Å². The van der Waals surface area contributed by atoms with Crippen LogP contribution in [0, 0.1) is 6.92 Å². The van der Waals surface area contributed by atoms with E-state index in [-0.39, 0.29) is 11.7 Å². The number of amides is 1. The van der Waals surface area contributed by atoms with Gasteiger partial charge in [-0.3, -0.25) is 4.79 Å². The second-order valence-electron chi connectivity index (χ2n) is 5.06. The molecule has 24 heavy (non-hydrogen) atoms. The quantitative estimate of drug-likeness (QED) is 0.707. The van der Waals surface area contributed by atoms with Gasteiger partial charge < -0.3 is 5.32 Å². The predicted octanol–water partition coefficient (Wildman–Crippen LogP) is 3.35. The molecule has 0 saturated heterocycles. The number of nitrogens with zero attached hydrogens (tertiary/aromatic N) is 4. The number of aryl methyl sites for hydroxylation is 1. The lowest BCUT2D eigenvalue weighted by molar-refractivity contribution is -0.113. The molecule has 1 aromatic heterocycles. The molecule has 0 unspecified atom stereocenters. The first-order valence-electron chi connectivity index (χ1n) is 7.15. The molecule has 1 heterocycles. The van der Waals surface area contributed by atoms with Crippen molar-refractivity contribution in [1.82, 2.24) is 20.2 Å². The molecule has 2 aromatic carbocycles. The largest absolute Gasteiger partial charge is 0.325 e. The molecule has 0 aliphatic carbocycles. The smallest absolute Gasteiger partial charge is 0.234 e. The average Bonchev–Trinajstić information content (AvgIpc) is 3.04. The summed E-state index contributed by atoms with van der Waals surface area (Å²) in [5.41, 5.74) is 2.67. The second-order valence-corrected chi connectivity index (χ2v) is 6.43. The number of carbonyl (C=O) groups excluding carboxylic acids is 1. The number of benzene rings is 2. The van der Waals surface area contributed by atoms with Gasteiger partial charge in [0.1, 0.15) is 0 Å². The Balaban J connectivity index is 1.64. The van der Waals surface area contributed by atoms with Gasteiger partial charge in [-0.2, -0.15) is 4.68 Å². The van der Waals surface area contributed by atoms with E-state index in [9.17, 15) is 4.79 Å². The number of thioether (sulfide) groups is 1. The van der Waals surface area contributed by atoms with Crippen molar-refractivity contribution in [3.05, 3.63) is 59.1 Å². The Kier molecular flexibility index (Phi) is 5.12. The van der Waals surface area contributed by atoms with Crippen LogP contribution >= 0.6 is 23.4 Å². The summed E-state index contributed by atoms with van der Waals surface area (Å²) in [6, 6.07) is 14.8. The van der Waals surface area contributed by atoms with E-state index in [1.807, 2.05) is 31.2 Å². The number of hydrogen-bond acceptors (Lipinski definition) is 5. The average molecular weight is 360 g/mol. The van der Waals surface area contributed by atoms with Crippen LogP contribution in [0.3, 0.4) is 0 Å². The molecule has 1 N–H and O–H groups in total. The van der Waals surface area contributed by atoms with Crippen LogP contribution in [-0.2, 0) is 4.79 Å². The van der Waals surface area contributed by atoms with Crippen LogP contribution in [0.1, 0.15) is 5.56 Å². The lowest BCUT2D eigenvalue weighted by Gasteiger charge is -2.06. The summed E-state index contributed by atoms with van der Waals surface area (Å²) in [7, 11) is 0. The van der Waals surface area contributed by atoms with Crippen LogP contribution in [0.4, 0.5) is 5.69 Å². The summed E-state index contributed by atoms with van der Waals surface area (Å²) < 4.78 is 1.62. The molecular formula is C16H14ClN5OS. The summed E-state index contributed by atoms with van der Waals surface area (Å²) in [5.74, 6) is 0.0653. The standard InChI is InChI=1S/C16H14ClN5OS/c1-11-3-2-4-14(9-11)22-16(19-20-21-22)24-10-15(23)18-13-7-5-12(17)6-8-13/h2-9H,10H2,1H3,(H,18,23). The first-order chi connectivity index (χ1) is 11.6. The molecule has 0 saturated carbocycles. The maximum Gasteiger partial charge on any atom is 0.234 e. The SMILES string of the molecule is Cc1cccc(-n2nnnc2SCC(=O)Nc2ccc(Cl)cc2)c1. The molecule has 0 bridgehead atoms. The summed E-state index contributed by atoms with van der Waals surface area (Å²) in [6.45, 7) is 2.00. The Morgan fingerprint density at radius 2 is 2.04 bits per heavy atom. The molecule has 122 valence electrons. The van der Waals surface area contributed by atoms with Crippen molar-refractivity contribution in [2.45, 2.75) is 12.1 Å². The molecule has 0 atom stereocenters. The van der Waals surface area contributed by atoms with Crippen LogP contribution in [0.15, 0.2) is 53.7 Å². The van der Waals surface area contributed by atoms with Gasteiger partial charge in [-0.05, 0) is 59.3 Å². The van der Waals surface area contributed by atoms with Crippen molar-refractivity contribution in [3.8, 4) is 5.69 Å². The highest BCUT2D eigenvalue weighted by Crippen LogP contribution is 2.19. The summed E-state index contributed by atoms with van der Waals surface area (Å²) in [6.07, 6.45) is 0. The third kappa shape index (κ3) is 4.12. The highest BCUT2D eigenvalue weighted by atomic mass is 35.5. The monoisotopic (exact) mass is 359 g/mol. The Morgan fingerprint density at radius 3 is 2.79 bits per heavy atom. The number of rotatable bonds is 5. The number of aromatic nitrogens is 4. The first-order valence-corrected chi connectivity index (χ1v) is 8.52. The molecular weight excluding hydrogens is 346 g/mol. The fourth-order valence-electron chi connectivity index (χ4n) is 2.05. The van der Waals surface area contributed by atoms with Gasteiger partial charge in [-0.25, -0.2) is 0 Å². The van der Waals surface area contributed by atoms with E-state index < -0.39 is 0 Å². The van der Waals surface area contributed by atoms with Gasteiger partial charge in [-0.15, -0.1) is 5.10 Å². The van der Waals surface area contributed by atoms with E-state index in [0.717, 1.165) is 11.3 Å². The highest BCUT2D eigenvalue weighted by Gasteiger charge is 2.11. The van der Waals surface area contributed by atoms with E-state index in [1.54, 1.807) is 28.9 Å². The van der Waals surface area contributed by atoms with Crippen LogP contribution < -0.4 is 5.32 Å². The zero-order valence-corrected chi connectivity index (χ0v) is 14.4. The number of halogens is 1. The van der Waals surface area contributed by atoms with E-state index in [0.29, 0.717) is 15.9 Å². The molecule has 8 heteroatoms. The zero-order chi connectivity index (χ0) is 16.9. The lowest BCUT2D eigenvalue weighted by atomic mass is 10.2. The van der Waals surface area contributed by atoms with Crippen molar-refractivity contribution in [2.24, 2.45) is 0 Å². The molecule has 0 spiro atoms. The predicted molar refractivity (Wildman–Crippen MR) is 94.7 cm³/mol. The fraction of sp³-hybridized carbons (Fsp3) is 0.125. The minimum atomic E-state index is -0.138. The summed E-state index contributed by atoms with van der Waals surface area (Å²) in [4.78, 5) is 12.1. The Morgan fingerprint density at radius 1 is 1.25 bits per heavy atom. The molecule has 0 aliphatic heterocycles. The number of tetrazole rings is 1. The minimum Gasteiger partial charge on any atom is -0.325 e. The molecule has 6 nitrogen and oxygen atoms in total. The van der Waals surface area contributed by atoms with Crippen LogP contribution in [0.2, 0.25) is 5.02 Å². The number of anilines is 1. The third-order valence-electron chi connectivity index (χ3n) is 3.15. The molecule has 0 radical (unpaired) electrons.